The topological polar surface area (TPSA) is 90.3 Å². The summed E-state index contributed by atoms with van der Waals surface area (Å²) in [5, 5.41) is 0.312. The van der Waals surface area contributed by atoms with Crippen LogP contribution in [0.2, 0.25) is 0 Å². The molecule has 0 saturated carbocycles. The van der Waals surface area contributed by atoms with E-state index >= 15 is 0 Å². The summed E-state index contributed by atoms with van der Waals surface area (Å²) in [5.41, 5.74) is -0.0673. The molecule has 20 heavy (non-hydrogen) atoms. The largest absolute Gasteiger partial charge is 0.463 e. The molecule has 0 unspecified atom stereocenters. The highest BCUT2D eigenvalue weighted by molar-refractivity contribution is 7.91. The van der Waals surface area contributed by atoms with Crippen molar-refractivity contribution in [1.29, 1.82) is 0 Å². The average Bonchev–Trinajstić information content (AvgIpc) is 2.39. The van der Waals surface area contributed by atoms with E-state index in [4.69, 9.17) is 4.74 Å². The maximum absolute atomic E-state index is 11.9. The summed E-state index contributed by atoms with van der Waals surface area (Å²) < 4.78 is 29.4. The third-order valence-electron chi connectivity index (χ3n) is 2.46. The van der Waals surface area contributed by atoms with Crippen LogP contribution in [0.4, 0.5) is 0 Å². The van der Waals surface area contributed by atoms with Gasteiger partial charge in [0.05, 0.1) is 23.8 Å². The molecule has 1 aromatic carbocycles. The van der Waals surface area contributed by atoms with Crippen molar-refractivity contribution in [3.8, 4) is 6.01 Å². The number of hydrogen-bond donors (Lipinski definition) is 1. The summed E-state index contributed by atoms with van der Waals surface area (Å²) in [4.78, 5) is 18.0. The standard InChI is InChI=1S/C12H15N3O4S/c1-3-8-19-12-13-11(16)9-6-4-5-7-10(9)15(12)14-20(2,17)18/h4-7,14H,3,8H2,1-2H3. The lowest BCUT2D eigenvalue weighted by molar-refractivity contribution is 0.283. The molecular formula is C12H15N3O4S. The fourth-order valence-corrected chi connectivity index (χ4v) is 2.20. The number of hydrogen-bond acceptors (Lipinski definition) is 5. The first-order valence-corrected chi connectivity index (χ1v) is 7.94. The molecular weight excluding hydrogens is 282 g/mol. The van der Waals surface area contributed by atoms with Gasteiger partial charge in [0.1, 0.15) is 0 Å². The van der Waals surface area contributed by atoms with Gasteiger partial charge in [-0.2, -0.15) is 9.66 Å². The number of benzene rings is 1. The van der Waals surface area contributed by atoms with E-state index in [9.17, 15) is 13.2 Å². The van der Waals surface area contributed by atoms with Crippen LogP contribution in [0.1, 0.15) is 13.3 Å². The number of fused-ring (bicyclic) bond motifs is 1. The Labute approximate surface area is 116 Å². The summed E-state index contributed by atoms with van der Waals surface area (Å²) >= 11 is 0. The smallest absolute Gasteiger partial charge is 0.320 e. The monoisotopic (exact) mass is 297 g/mol. The van der Waals surface area contributed by atoms with Gasteiger partial charge in [0.15, 0.2) is 0 Å². The van der Waals surface area contributed by atoms with Crippen molar-refractivity contribution in [2.45, 2.75) is 13.3 Å². The van der Waals surface area contributed by atoms with Crippen molar-refractivity contribution in [1.82, 2.24) is 9.66 Å². The van der Waals surface area contributed by atoms with E-state index in [1.165, 1.54) is 4.68 Å². The van der Waals surface area contributed by atoms with Crippen molar-refractivity contribution >= 4 is 20.9 Å². The van der Waals surface area contributed by atoms with Crippen LogP contribution in [0, 0.1) is 0 Å². The zero-order chi connectivity index (χ0) is 14.8. The second kappa shape index (κ2) is 5.49. The van der Waals surface area contributed by atoms with Crippen LogP contribution >= 0.6 is 0 Å². The molecule has 0 bridgehead atoms. The number of nitrogens with zero attached hydrogens (tertiary/aromatic N) is 2. The number of nitrogens with one attached hydrogen (secondary N) is 1. The predicted octanol–water partition coefficient (Wildman–Crippen LogP) is 0.688. The second-order valence-electron chi connectivity index (χ2n) is 4.26. The maximum Gasteiger partial charge on any atom is 0.320 e. The molecule has 8 heteroatoms. The van der Waals surface area contributed by atoms with E-state index in [-0.39, 0.29) is 6.01 Å². The second-order valence-corrected chi connectivity index (χ2v) is 5.99. The average molecular weight is 297 g/mol. The number of aromatic nitrogens is 2. The molecule has 0 radical (unpaired) electrons. The van der Waals surface area contributed by atoms with E-state index in [1.54, 1.807) is 24.3 Å². The molecule has 2 rings (SSSR count). The molecule has 0 fully saturated rings. The number of ether oxygens (including phenoxy) is 1. The van der Waals surface area contributed by atoms with Crippen molar-refractivity contribution in [3.05, 3.63) is 34.6 Å². The van der Waals surface area contributed by atoms with Crippen LogP contribution in [0.3, 0.4) is 0 Å². The Morgan fingerprint density at radius 1 is 1.35 bits per heavy atom. The molecule has 0 aliphatic rings. The van der Waals surface area contributed by atoms with Gasteiger partial charge in [-0.15, -0.1) is 0 Å². The molecule has 1 heterocycles. The van der Waals surface area contributed by atoms with Crippen molar-refractivity contribution in [2.75, 3.05) is 17.7 Å². The molecule has 108 valence electrons. The van der Waals surface area contributed by atoms with Crippen LogP contribution in [-0.2, 0) is 10.0 Å². The van der Waals surface area contributed by atoms with Gasteiger partial charge in [-0.3, -0.25) is 4.79 Å². The SMILES string of the molecule is CCCOc1nc(=O)c2ccccc2n1NS(C)(=O)=O. The molecule has 0 aliphatic heterocycles. The van der Waals surface area contributed by atoms with Gasteiger partial charge in [0.25, 0.3) is 5.56 Å². The van der Waals surface area contributed by atoms with Gasteiger partial charge in [-0.1, -0.05) is 19.1 Å². The molecule has 1 aromatic heterocycles. The number of rotatable bonds is 5. The van der Waals surface area contributed by atoms with Gasteiger partial charge >= 0.3 is 6.01 Å². The fraction of sp³-hybridized carbons (Fsp3) is 0.333. The Morgan fingerprint density at radius 2 is 2.05 bits per heavy atom. The van der Waals surface area contributed by atoms with E-state index in [0.717, 1.165) is 6.26 Å². The summed E-state index contributed by atoms with van der Waals surface area (Å²) in [6.45, 7) is 2.23. The Bertz CT molecular complexity index is 783. The van der Waals surface area contributed by atoms with Crippen LogP contribution in [0.25, 0.3) is 10.9 Å². The fourth-order valence-electron chi connectivity index (χ4n) is 1.69. The molecule has 2 aromatic rings. The third kappa shape index (κ3) is 3.08. The molecule has 0 aliphatic carbocycles. The molecule has 1 N–H and O–H groups in total. The minimum atomic E-state index is -3.54. The molecule has 0 saturated heterocycles. The highest BCUT2D eigenvalue weighted by Crippen LogP contribution is 2.14. The van der Waals surface area contributed by atoms with Gasteiger partial charge < -0.3 is 4.74 Å². The first-order chi connectivity index (χ1) is 9.42. The predicted molar refractivity (Wildman–Crippen MR) is 76.0 cm³/mol. The molecule has 0 atom stereocenters. The lowest BCUT2D eigenvalue weighted by Crippen LogP contribution is -2.27. The number of para-hydroxylation sites is 1. The van der Waals surface area contributed by atoms with E-state index < -0.39 is 15.6 Å². The highest BCUT2D eigenvalue weighted by atomic mass is 32.2. The lowest BCUT2D eigenvalue weighted by Gasteiger charge is -2.15. The molecule has 0 spiro atoms. The van der Waals surface area contributed by atoms with E-state index in [0.29, 0.717) is 23.9 Å². The van der Waals surface area contributed by atoms with Crippen LogP contribution < -0.4 is 15.1 Å². The summed E-state index contributed by atoms with van der Waals surface area (Å²) in [7, 11) is -3.54. The van der Waals surface area contributed by atoms with Gasteiger partial charge in [-0.05, 0) is 18.6 Å². The summed E-state index contributed by atoms with van der Waals surface area (Å²) in [6, 6.07) is 6.51. The minimum absolute atomic E-state index is 0.0685. The van der Waals surface area contributed by atoms with Gasteiger partial charge in [-0.25, -0.2) is 13.2 Å². The Hall–Kier alpha value is -2.09. The summed E-state index contributed by atoms with van der Waals surface area (Å²) in [5.74, 6) is 0. The number of sulfonamides is 1. The van der Waals surface area contributed by atoms with Crippen LogP contribution in [0.15, 0.2) is 29.1 Å². The third-order valence-corrected chi connectivity index (χ3v) is 2.97. The normalized spacial score (nSPS) is 11.5. The first-order valence-electron chi connectivity index (χ1n) is 6.05. The maximum atomic E-state index is 11.9. The lowest BCUT2D eigenvalue weighted by atomic mass is 10.2. The Morgan fingerprint density at radius 3 is 2.70 bits per heavy atom. The van der Waals surface area contributed by atoms with Crippen molar-refractivity contribution in [2.24, 2.45) is 0 Å². The molecule has 7 nitrogen and oxygen atoms in total. The van der Waals surface area contributed by atoms with Crippen molar-refractivity contribution < 1.29 is 13.2 Å². The summed E-state index contributed by atoms with van der Waals surface area (Å²) in [6.07, 6.45) is 1.73. The van der Waals surface area contributed by atoms with Crippen molar-refractivity contribution in [3.63, 3.8) is 0 Å². The van der Waals surface area contributed by atoms with E-state index in [2.05, 4.69) is 9.82 Å². The minimum Gasteiger partial charge on any atom is -0.463 e. The quantitative estimate of drug-likeness (QED) is 0.877. The molecule has 0 amide bonds. The highest BCUT2D eigenvalue weighted by Gasteiger charge is 2.14. The Balaban J connectivity index is 2.70. The van der Waals surface area contributed by atoms with E-state index in [1.807, 2.05) is 6.92 Å². The zero-order valence-corrected chi connectivity index (χ0v) is 12.0. The van der Waals surface area contributed by atoms with Crippen LogP contribution in [0.5, 0.6) is 6.01 Å². The van der Waals surface area contributed by atoms with Gasteiger partial charge in [0.2, 0.25) is 10.0 Å². The zero-order valence-electron chi connectivity index (χ0n) is 11.2. The van der Waals surface area contributed by atoms with Gasteiger partial charge in [0, 0.05) is 0 Å². The Kier molecular flexibility index (Phi) is 3.93. The first kappa shape index (κ1) is 14.3. The van der Waals surface area contributed by atoms with Crippen LogP contribution in [-0.4, -0.2) is 30.9 Å².